The van der Waals surface area contributed by atoms with Crippen LogP contribution in [0.4, 0.5) is 16.2 Å². The number of rotatable bonds is 8. The van der Waals surface area contributed by atoms with Gasteiger partial charge >= 0.3 is 6.03 Å². The number of carboxylic acids is 1. The van der Waals surface area contributed by atoms with E-state index in [1.54, 1.807) is 60.7 Å². The smallest absolute Gasteiger partial charge is 0.319 e. The molecule has 0 fully saturated rings. The molecule has 0 spiro atoms. The van der Waals surface area contributed by atoms with Crippen molar-refractivity contribution in [2.45, 2.75) is 19.4 Å². The predicted molar refractivity (Wildman–Crippen MR) is 121 cm³/mol. The number of hydrogen-bond acceptors (Lipinski definition) is 4. The number of carboxylic acid groups (broad SMARTS) is 1. The summed E-state index contributed by atoms with van der Waals surface area (Å²) in [5, 5.41) is 16.8. The lowest BCUT2D eigenvalue weighted by atomic mass is 10.0. The fraction of sp³-hybridized carbons (Fsp3) is 0.160. The van der Waals surface area contributed by atoms with E-state index in [9.17, 15) is 19.5 Å². The Kier molecular flexibility index (Phi) is 7.59. The summed E-state index contributed by atoms with van der Waals surface area (Å²) in [4.78, 5) is 38.4. The van der Waals surface area contributed by atoms with Crippen LogP contribution in [0.25, 0.3) is 0 Å². The Bertz CT molecular complexity index is 1070. The first-order valence-electron chi connectivity index (χ1n) is 10.2. The summed E-state index contributed by atoms with van der Waals surface area (Å²) in [5.41, 5.74) is 2.77. The van der Waals surface area contributed by atoms with Gasteiger partial charge < -0.3 is 25.4 Å². The van der Waals surface area contributed by atoms with Gasteiger partial charge in [-0.15, -0.1) is 0 Å². The lowest BCUT2D eigenvalue weighted by molar-refractivity contribution is -0.306. The molecule has 0 bridgehead atoms. The number of hydrogen-bond donors (Lipinski definition) is 2. The Hall–Kier alpha value is -4.13. The van der Waals surface area contributed by atoms with Gasteiger partial charge in [-0.05, 0) is 42.3 Å². The van der Waals surface area contributed by atoms with E-state index >= 15 is 0 Å². The van der Waals surface area contributed by atoms with Crippen LogP contribution in [-0.4, -0.2) is 24.5 Å². The topological polar surface area (TPSA) is 102 Å². The Balaban J connectivity index is 1.81. The van der Waals surface area contributed by atoms with Crippen molar-refractivity contribution in [2.75, 3.05) is 16.8 Å². The molecule has 32 heavy (non-hydrogen) atoms. The van der Waals surface area contributed by atoms with Gasteiger partial charge in [-0.1, -0.05) is 60.7 Å². The van der Waals surface area contributed by atoms with Crippen LogP contribution >= 0.6 is 0 Å². The molecule has 0 heterocycles. The number of aryl methyl sites for hydroxylation is 1. The summed E-state index contributed by atoms with van der Waals surface area (Å²) in [7, 11) is 0. The van der Waals surface area contributed by atoms with Crippen LogP contribution in [0.5, 0.6) is 0 Å². The maximum absolute atomic E-state index is 13.2. The van der Waals surface area contributed by atoms with Gasteiger partial charge in [0.25, 0.3) is 0 Å². The van der Waals surface area contributed by atoms with Gasteiger partial charge in [0.15, 0.2) is 0 Å². The number of aliphatic carboxylic acids is 1. The molecule has 3 aromatic rings. The van der Waals surface area contributed by atoms with Crippen molar-refractivity contribution in [3.05, 3.63) is 96.1 Å². The maximum atomic E-state index is 13.2. The van der Waals surface area contributed by atoms with Crippen LogP contribution in [0.15, 0.2) is 84.9 Å². The van der Waals surface area contributed by atoms with Crippen LogP contribution in [0, 0.1) is 6.92 Å². The third-order valence-corrected chi connectivity index (χ3v) is 4.84. The number of carbonyl (C=O) groups excluding carboxylic acids is 3. The van der Waals surface area contributed by atoms with Crippen molar-refractivity contribution in [1.29, 1.82) is 0 Å². The summed E-state index contributed by atoms with van der Waals surface area (Å²) in [6, 6.07) is 23.6. The summed E-state index contributed by atoms with van der Waals surface area (Å²) >= 11 is 0. The number of urea groups is 1. The first-order valence-corrected chi connectivity index (χ1v) is 10.2. The first-order chi connectivity index (χ1) is 15.4. The molecule has 1 atom stereocenters. The largest absolute Gasteiger partial charge is 0.550 e. The van der Waals surface area contributed by atoms with Crippen molar-refractivity contribution in [1.82, 2.24) is 5.32 Å². The number of nitrogens with one attached hydrogen (secondary N) is 2. The molecule has 3 aromatic carbocycles. The number of carbonyl (C=O) groups is 3. The van der Waals surface area contributed by atoms with E-state index < -0.39 is 23.9 Å². The van der Waals surface area contributed by atoms with E-state index in [0.717, 1.165) is 5.56 Å². The zero-order valence-corrected chi connectivity index (χ0v) is 17.7. The summed E-state index contributed by atoms with van der Waals surface area (Å²) in [6.45, 7) is 1.59. The second-order valence-corrected chi connectivity index (χ2v) is 7.28. The molecule has 1 unspecified atom stereocenters. The Morgan fingerprint density at radius 2 is 1.56 bits per heavy atom. The van der Waals surface area contributed by atoms with Gasteiger partial charge in [0, 0.05) is 23.8 Å². The van der Waals surface area contributed by atoms with Crippen molar-refractivity contribution in [3.8, 4) is 0 Å². The molecule has 0 saturated heterocycles. The summed E-state index contributed by atoms with van der Waals surface area (Å²) < 4.78 is 0. The molecule has 7 heteroatoms. The van der Waals surface area contributed by atoms with Gasteiger partial charge in [0.05, 0.1) is 12.6 Å². The van der Waals surface area contributed by atoms with Crippen LogP contribution in [0.3, 0.4) is 0 Å². The quantitative estimate of drug-likeness (QED) is 0.573. The van der Waals surface area contributed by atoms with E-state index in [2.05, 4.69) is 10.6 Å². The first kappa shape index (κ1) is 22.6. The SMILES string of the molecule is Cc1cccc(NC(=O)NCC(=O)N(c2ccccc2)C(CC(=O)[O-])c2ccccc2)c1. The highest BCUT2D eigenvalue weighted by atomic mass is 16.4. The fourth-order valence-electron chi connectivity index (χ4n) is 3.42. The van der Waals surface area contributed by atoms with Gasteiger partial charge in [0.2, 0.25) is 5.91 Å². The molecule has 0 aromatic heterocycles. The maximum Gasteiger partial charge on any atom is 0.319 e. The van der Waals surface area contributed by atoms with Crippen molar-refractivity contribution in [2.24, 2.45) is 0 Å². The minimum atomic E-state index is -1.28. The number of para-hydroxylation sites is 1. The normalized spacial score (nSPS) is 11.3. The van der Waals surface area contributed by atoms with Gasteiger partial charge in [0.1, 0.15) is 0 Å². The molecule has 0 saturated carbocycles. The van der Waals surface area contributed by atoms with E-state index in [4.69, 9.17) is 0 Å². The molecule has 164 valence electrons. The standard InChI is InChI=1S/C25H25N3O4/c1-18-9-8-12-20(15-18)27-25(32)26-17-23(29)28(21-13-6-3-7-14-21)22(16-24(30)31)19-10-4-2-5-11-19/h2-15,22H,16-17H2,1H3,(H,30,31)(H2,26,27,32)/p-1. The second kappa shape index (κ2) is 10.8. The van der Waals surface area contributed by atoms with E-state index in [0.29, 0.717) is 16.9 Å². The molecule has 3 amide bonds. The third kappa shape index (κ3) is 6.18. The van der Waals surface area contributed by atoms with Gasteiger partial charge in [-0.3, -0.25) is 4.79 Å². The number of amides is 3. The van der Waals surface area contributed by atoms with Crippen LogP contribution in [0.1, 0.15) is 23.6 Å². The molecule has 3 rings (SSSR count). The minimum Gasteiger partial charge on any atom is -0.550 e. The van der Waals surface area contributed by atoms with Gasteiger partial charge in [-0.2, -0.15) is 0 Å². The molecule has 0 aliphatic carbocycles. The van der Waals surface area contributed by atoms with E-state index in [-0.39, 0.29) is 13.0 Å². The highest BCUT2D eigenvalue weighted by Gasteiger charge is 2.27. The lowest BCUT2D eigenvalue weighted by Gasteiger charge is -2.33. The van der Waals surface area contributed by atoms with E-state index in [1.165, 1.54) is 4.90 Å². The van der Waals surface area contributed by atoms with Gasteiger partial charge in [-0.25, -0.2) is 4.79 Å². The molecule has 2 N–H and O–H groups in total. The number of anilines is 2. The van der Waals surface area contributed by atoms with Crippen molar-refractivity contribution in [3.63, 3.8) is 0 Å². The monoisotopic (exact) mass is 430 g/mol. The lowest BCUT2D eigenvalue weighted by Crippen LogP contribution is -2.44. The summed E-state index contributed by atoms with van der Waals surface area (Å²) in [5.74, 6) is -1.73. The third-order valence-electron chi connectivity index (χ3n) is 4.84. The summed E-state index contributed by atoms with van der Waals surface area (Å²) in [6.07, 6.45) is -0.389. The Labute approximate surface area is 186 Å². The molecule has 0 aliphatic rings. The molecular weight excluding hydrogens is 406 g/mol. The van der Waals surface area contributed by atoms with Crippen LogP contribution < -0.4 is 20.6 Å². The predicted octanol–water partition coefficient (Wildman–Crippen LogP) is 3.03. The molecular formula is C25H24N3O4-. The zero-order chi connectivity index (χ0) is 22.9. The Morgan fingerprint density at radius 3 is 2.19 bits per heavy atom. The number of benzene rings is 3. The number of nitrogens with zero attached hydrogens (tertiary/aromatic N) is 1. The highest BCUT2D eigenvalue weighted by molar-refractivity contribution is 5.99. The minimum absolute atomic E-state index is 0.317. The molecule has 7 nitrogen and oxygen atoms in total. The Morgan fingerprint density at radius 1 is 0.906 bits per heavy atom. The molecule has 0 aliphatic heterocycles. The zero-order valence-electron chi connectivity index (χ0n) is 17.7. The van der Waals surface area contributed by atoms with Crippen molar-refractivity contribution >= 4 is 29.3 Å². The molecule has 0 radical (unpaired) electrons. The average Bonchev–Trinajstić information content (AvgIpc) is 2.78. The highest BCUT2D eigenvalue weighted by Crippen LogP contribution is 2.29. The fourth-order valence-corrected chi connectivity index (χ4v) is 3.42. The average molecular weight is 430 g/mol. The van der Waals surface area contributed by atoms with E-state index in [1.807, 2.05) is 31.2 Å². The second-order valence-electron chi connectivity index (χ2n) is 7.28. The van der Waals surface area contributed by atoms with Crippen LogP contribution in [0.2, 0.25) is 0 Å². The van der Waals surface area contributed by atoms with Crippen molar-refractivity contribution < 1.29 is 19.5 Å². The van der Waals surface area contributed by atoms with Crippen LogP contribution in [-0.2, 0) is 9.59 Å².